The summed E-state index contributed by atoms with van der Waals surface area (Å²) in [7, 11) is 1.95. The van der Waals surface area contributed by atoms with Crippen LogP contribution in [0.1, 0.15) is 15.9 Å². The Bertz CT molecular complexity index is 482. The van der Waals surface area contributed by atoms with Crippen LogP contribution in [0, 0.1) is 0 Å². The van der Waals surface area contributed by atoms with Crippen molar-refractivity contribution >= 4 is 18.3 Å². The van der Waals surface area contributed by atoms with Crippen molar-refractivity contribution in [1.29, 1.82) is 0 Å². The second-order valence-corrected chi connectivity index (χ2v) is 3.61. The Balaban J connectivity index is 0.00000144. The first-order valence-corrected chi connectivity index (χ1v) is 5.05. The average Bonchev–Trinajstić information content (AvgIpc) is 2.73. The number of nitrogens with zero attached hydrogens (tertiary/aromatic N) is 2. The van der Waals surface area contributed by atoms with Gasteiger partial charge in [-0.15, -0.1) is 12.4 Å². The first kappa shape index (κ1) is 13.3. The summed E-state index contributed by atoms with van der Waals surface area (Å²) < 4.78 is 1.95. The quantitative estimate of drug-likeness (QED) is 0.904. The van der Waals surface area contributed by atoms with Gasteiger partial charge in [0.1, 0.15) is 0 Å². The van der Waals surface area contributed by atoms with E-state index in [2.05, 4.69) is 10.3 Å². The van der Waals surface area contributed by atoms with Crippen LogP contribution >= 0.6 is 12.4 Å². The van der Waals surface area contributed by atoms with Crippen molar-refractivity contribution in [2.24, 2.45) is 7.05 Å². The second-order valence-electron chi connectivity index (χ2n) is 3.61. The molecular formula is C12H14ClN3O. The fraction of sp³-hybridized carbons (Fsp3) is 0.167. The number of rotatable bonds is 3. The van der Waals surface area contributed by atoms with Gasteiger partial charge in [0.2, 0.25) is 0 Å². The molecule has 0 unspecified atom stereocenters. The minimum Gasteiger partial charge on any atom is -0.357 e. The zero-order chi connectivity index (χ0) is 11.4. The molecule has 0 aromatic carbocycles. The van der Waals surface area contributed by atoms with Gasteiger partial charge in [0.15, 0.2) is 0 Å². The van der Waals surface area contributed by atoms with Gasteiger partial charge in [-0.05, 0) is 23.8 Å². The molecule has 0 saturated carbocycles. The van der Waals surface area contributed by atoms with E-state index in [1.165, 1.54) is 0 Å². The van der Waals surface area contributed by atoms with Crippen LogP contribution in [0.2, 0.25) is 0 Å². The number of carbonyl (C=O) groups is 1. The molecule has 2 rings (SSSR count). The monoisotopic (exact) mass is 251 g/mol. The van der Waals surface area contributed by atoms with Crippen molar-refractivity contribution in [2.45, 2.75) is 6.54 Å². The zero-order valence-electron chi connectivity index (χ0n) is 9.46. The standard InChI is InChI=1S/C12H13N3O.ClH/c1-15-6-4-10(9-15)7-14-12(16)11-3-2-5-13-8-11;/h2-6,8-9H,7H2,1H3,(H,14,16);1H. The number of hydrogen-bond acceptors (Lipinski definition) is 2. The Morgan fingerprint density at radius 1 is 1.47 bits per heavy atom. The Labute approximate surface area is 106 Å². The van der Waals surface area contributed by atoms with Crippen LogP contribution in [-0.4, -0.2) is 15.5 Å². The Morgan fingerprint density at radius 2 is 2.29 bits per heavy atom. The molecule has 2 heterocycles. The summed E-state index contributed by atoms with van der Waals surface area (Å²) in [5, 5.41) is 2.84. The van der Waals surface area contributed by atoms with E-state index in [0.29, 0.717) is 12.1 Å². The molecule has 0 aliphatic carbocycles. The molecule has 2 aromatic heterocycles. The molecule has 0 bridgehead atoms. The minimum atomic E-state index is -0.100. The van der Waals surface area contributed by atoms with Crippen molar-refractivity contribution in [3.05, 3.63) is 54.1 Å². The van der Waals surface area contributed by atoms with Crippen molar-refractivity contribution < 1.29 is 4.79 Å². The molecule has 4 nitrogen and oxygen atoms in total. The highest BCUT2D eigenvalue weighted by Gasteiger charge is 2.04. The Hall–Kier alpha value is -1.81. The number of aromatic nitrogens is 2. The molecule has 1 amide bonds. The number of halogens is 1. The smallest absolute Gasteiger partial charge is 0.253 e. The molecule has 0 atom stereocenters. The van der Waals surface area contributed by atoms with Gasteiger partial charge in [0, 0.05) is 38.4 Å². The second kappa shape index (κ2) is 6.06. The van der Waals surface area contributed by atoms with Gasteiger partial charge in [-0.25, -0.2) is 0 Å². The van der Waals surface area contributed by atoms with Gasteiger partial charge in [-0.1, -0.05) is 0 Å². The normalized spacial score (nSPS) is 9.47. The van der Waals surface area contributed by atoms with Gasteiger partial charge < -0.3 is 9.88 Å². The molecule has 5 heteroatoms. The van der Waals surface area contributed by atoms with E-state index in [-0.39, 0.29) is 18.3 Å². The summed E-state index contributed by atoms with van der Waals surface area (Å²) in [6.45, 7) is 0.536. The summed E-state index contributed by atoms with van der Waals surface area (Å²) in [6.07, 6.45) is 7.13. The SMILES string of the molecule is Cl.Cn1ccc(CNC(=O)c2cccnc2)c1. The van der Waals surface area contributed by atoms with Gasteiger partial charge in [0.05, 0.1) is 5.56 Å². The molecule has 0 spiro atoms. The van der Waals surface area contributed by atoms with E-state index in [1.54, 1.807) is 24.5 Å². The number of pyridine rings is 1. The van der Waals surface area contributed by atoms with Crippen LogP contribution in [0.5, 0.6) is 0 Å². The van der Waals surface area contributed by atoms with Crippen LogP contribution in [0.4, 0.5) is 0 Å². The zero-order valence-corrected chi connectivity index (χ0v) is 10.3. The van der Waals surface area contributed by atoms with Gasteiger partial charge in [0.25, 0.3) is 5.91 Å². The van der Waals surface area contributed by atoms with E-state index in [9.17, 15) is 4.79 Å². The minimum absolute atomic E-state index is 0. The van der Waals surface area contributed by atoms with E-state index in [0.717, 1.165) is 5.56 Å². The van der Waals surface area contributed by atoms with Crippen LogP contribution in [0.25, 0.3) is 0 Å². The first-order chi connectivity index (χ1) is 7.75. The van der Waals surface area contributed by atoms with Gasteiger partial charge in [-0.2, -0.15) is 0 Å². The highest BCUT2D eigenvalue weighted by Crippen LogP contribution is 2.00. The van der Waals surface area contributed by atoms with E-state index in [4.69, 9.17) is 0 Å². The number of hydrogen-bond donors (Lipinski definition) is 1. The van der Waals surface area contributed by atoms with Gasteiger partial charge >= 0.3 is 0 Å². The summed E-state index contributed by atoms with van der Waals surface area (Å²) in [4.78, 5) is 15.6. The maximum Gasteiger partial charge on any atom is 0.253 e. The van der Waals surface area contributed by atoms with E-state index >= 15 is 0 Å². The average molecular weight is 252 g/mol. The summed E-state index contributed by atoms with van der Waals surface area (Å²) in [6, 6.07) is 5.47. The lowest BCUT2D eigenvalue weighted by molar-refractivity contribution is 0.0950. The Morgan fingerprint density at radius 3 is 2.88 bits per heavy atom. The molecular weight excluding hydrogens is 238 g/mol. The van der Waals surface area contributed by atoms with Crippen molar-refractivity contribution in [1.82, 2.24) is 14.9 Å². The third kappa shape index (κ3) is 3.60. The van der Waals surface area contributed by atoms with E-state index in [1.807, 2.05) is 30.1 Å². The lowest BCUT2D eigenvalue weighted by atomic mass is 10.2. The van der Waals surface area contributed by atoms with Crippen molar-refractivity contribution in [2.75, 3.05) is 0 Å². The molecule has 0 fully saturated rings. The largest absolute Gasteiger partial charge is 0.357 e. The first-order valence-electron chi connectivity index (χ1n) is 5.05. The molecule has 90 valence electrons. The molecule has 1 N–H and O–H groups in total. The molecule has 0 saturated heterocycles. The van der Waals surface area contributed by atoms with Crippen LogP contribution in [0.15, 0.2) is 43.0 Å². The molecule has 2 aromatic rings. The summed E-state index contributed by atoms with van der Waals surface area (Å²) in [5.74, 6) is -0.100. The fourth-order valence-corrected chi connectivity index (χ4v) is 1.45. The maximum atomic E-state index is 11.7. The number of nitrogens with one attached hydrogen (secondary N) is 1. The number of carbonyl (C=O) groups excluding carboxylic acids is 1. The van der Waals surface area contributed by atoms with Crippen LogP contribution in [-0.2, 0) is 13.6 Å². The maximum absolute atomic E-state index is 11.7. The molecule has 0 aliphatic rings. The van der Waals surface area contributed by atoms with Crippen LogP contribution < -0.4 is 5.32 Å². The van der Waals surface area contributed by atoms with Crippen molar-refractivity contribution in [3.8, 4) is 0 Å². The fourth-order valence-electron chi connectivity index (χ4n) is 1.45. The van der Waals surface area contributed by atoms with Crippen molar-refractivity contribution in [3.63, 3.8) is 0 Å². The van der Waals surface area contributed by atoms with E-state index < -0.39 is 0 Å². The topological polar surface area (TPSA) is 46.9 Å². The molecule has 0 aliphatic heterocycles. The number of amides is 1. The van der Waals surface area contributed by atoms with Crippen LogP contribution in [0.3, 0.4) is 0 Å². The molecule has 17 heavy (non-hydrogen) atoms. The van der Waals surface area contributed by atoms with Gasteiger partial charge in [-0.3, -0.25) is 9.78 Å². The number of aryl methyl sites for hydroxylation is 1. The lowest BCUT2D eigenvalue weighted by Gasteiger charge is -2.02. The third-order valence-electron chi connectivity index (χ3n) is 2.27. The lowest BCUT2D eigenvalue weighted by Crippen LogP contribution is -2.22. The summed E-state index contributed by atoms with van der Waals surface area (Å²) >= 11 is 0. The summed E-state index contributed by atoms with van der Waals surface area (Å²) in [5.41, 5.74) is 1.66. The predicted molar refractivity (Wildman–Crippen MR) is 68.1 cm³/mol. The highest BCUT2D eigenvalue weighted by atomic mass is 35.5. The highest BCUT2D eigenvalue weighted by molar-refractivity contribution is 5.93. The molecule has 0 radical (unpaired) electrons. The predicted octanol–water partition coefficient (Wildman–Crippen LogP) is 1.77. The third-order valence-corrected chi connectivity index (χ3v) is 2.27. The Kier molecular flexibility index (Phi) is 4.72.